The Bertz CT molecular complexity index is 691. The molecular weight excluding hydrogens is 328 g/mol. The van der Waals surface area contributed by atoms with Crippen molar-refractivity contribution < 1.29 is 9.59 Å². The van der Waals surface area contributed by atoms with Crippen LogP contribution in [-0.2, 0) is 4.79 Å². The van der Waals surface area contributed by atoms with Crippen LogP contribution in [0.3, 0.4) is 0 Å². The second kappa shape index (κ2) is 6.89. The molecule has 4 rings (SSSR count). The molecule has 1 aromatic heterocycles. The highest BCUT2D eigenvalue weighted by atomic mass is 16.2. The molecule has 0 aliphatic carbocycles. The summed E-state index contributed by atoms with van der Waals surface area (Å²) in [5, 5.41) is 0. The van der Waals surface area contributed by atoms with Crippen LogP contribution in [0.5, 0.6) is 0 Å². The number of piperidine rings is 2. The third-order valence-electron chi connectivity index (χ3n) is 6.31. The van der Waals surface area contributed by atoms with Crippen molar-refractivity contribution in [2.75, 3.05) is 44.7 Å². The molecule has 3 saturated heterocycles. The first-order valence-electron chi connectivity index (χ1n) is 9.81. The van der Waals surface area contributed by atoms with Crippen LogP contribution >= 0.6 is 0 Å². The fraction of sp³-hybridized carbons (Fsp3) is 0.650. The number of hydrogen-bond donors (Lipinski definition) is 0. The lowest BCUT2D eigenvalue weighted by Gasteiger charge is -2.39. The van der Waals surface area contributed by atoms with Gasteiger partial charge in [-0.25, -0.2) is 4.98 Å². The Balaban J connectivity index is 1.43. The zero-order chi connectivity index (χ0) is 18.1. The summed E-state index contributed by atoms with van der Waals surface area (Å²) in [6.07, 6.45) is 7.88. The molecule has 0 aromatic carbocycles. The SMILES string of the molecule is CN1CC2(CCN(c3cc(C(=O)N4CCCCC4)ccn3)CC2)CC1=O. The number of anilines is 1. The lowest BCUT2D eigenvalue weighted by atomic mass is 9.77. The quantitative estimate of drug-likeness (QED) is 0.815. The van der Waals surface area contributed by atoms with E-state index in [-0.39, 0.29) is 17.2 Å². The predicted octanol–water partition coefficient (Wildman–Crippen LogP) is 2.16. The third kappa shape index (κ3) is 3.29. The number of carbonyl (C=O) groups excluding carboxylic acids is 2. The van der Waals surface area contributed by atoms with Gasteiger partial charge in [-0.3, -0.25) is 9.59 Å². The summed E-state index contributed by atoms with van der Waals surface area (Å²) in [5.41, 5.74) is 0.886. The van der Waals surface area contributed by atoms with E-state index in [2.05, 4.69) is 9.88 Å². The van der Waals surface area contributed by atoms with Gasteiger partial charge in [0.05, 0.1) is 0 Å². The molecule has 3 fully saturated rings. The van der Waals surface area contributed by atoms with Crippen LogP contribution in [0.25, 0.3) is 0 Å². The molecule has 0 bridgehead atoms. The second-order valence-electron chi connectivity index (χ2n) is 8.17. The van der Waals surface area contributed by atoms with Gasteiger partial charge in [-0.1, -0.05) is 0 Å². The number of likely N-dealkylation sites (tertiary alicyclic amines) is 2. The topological polar surface area (TPSA) is 56.8 Å². The molecule has 0 saturated carbocycles. The van der Waals surface area contributed by atoms with Crippen LogP contribution < -0.4 is 4.90 Å². The van der Waals surface area contributed by atoms with Crippen LogP contribution in [0.1, 0.15) is 48.9 Å². The molecule has 6 nitrogen and oxygen atoms in total. The Morgan fingerprint density at radius 1 is 1.12 bits per heavy atom. The van der Waals surface area contributed by atoms with E-state index in [0.717, 1.165) is 69.8 Å². The van der Waals surface area contributed by atoms with Gasteiger partial charge in [-0.2, -0.15) is 0 Å². The minimum Gasteiger partial charge on any atom is -0.357 e. The van der Waals surface area contributed by atoms with E-state index < -0.39 is 0 Å². The van der Waals surface area contributed by atoms with Crippen molar-refractivity contribution in [3.05, 3.63) is 23.9 Å². The minimum absolute atomic E-state index is 0.129. The van der Waals surface area contributed by atoms with Crippen molar-refractivity contribution in [3.8, 4) is 0 Å². The van der Waals surface area contributed by atoms with Gasteiger partial charge in [0, 0.05) is 63.4 Å². The number of pyridine rings is 1. The number of aromatic nitrogens is 1. The molecule has 3 aliphatic heterocycles. The smallest absolute Gasteiger partial charge is 0.254 e. The van der Waals surface area contributed by atoms with Crippen LogP contribution in [0.4, 0.5) is 5.82 Å². The molecule has 0 atom stereocenters. The lowest BCUT2D eigenvalue weighted by molar-refractivity contribution is -0.126. The number of hydrogen-bond acceptors (Lipinski definition) is 4. The third-order valence-corrected chi connectivity index (χ3v) is 6.31. The molecule has 4 heterocycles. The van der Waals surface area contributed by atoms with Crippen LogP contribution in [0, 0.1) is 5.41 Å². The van der Waals surface area contributed by atoms with Gasteiger partial charge in [0.2, 0.25) is 5.91 Å². The van der Waals surface area contributed by atoms with Gasteiger partial charge < -0.3 is 14.7 Å². The van der Waals surface area contributed by atoms with Crippen molar-refractivity contribution in [2.45, 2.75) is 38.5 Å². The standard InChI is InChI=1S/C20H28N4O2/c1-22-15-20(14-18(22)25)6-11-23(12-7-20)17-13-16(5-8-21-17)19(26)24-9-3-2-4-10-24/h5,8,13H,2-4,6-7,9-12,14-15H2,1H3. The summed E-state index contributed by atoms with van der Waals surface area (Å²) in [6, 6.07) is 3.78. The summed E-state index contributed by atoms with van der Waals surface area (Å²) < 4.78 is 0. The van der Waals surface area contributed by atoms with E-state index >= 15 is 0 Å². The van der Waals surface area contributed by atoms with Gasteiger partial charge in [0.1, 0.15) is 5.82 Å². The molecule has 1 spiro atoms. The van der Waals surface area contributed by atoms with Crippen molar-refractivity contribution in [1.82, 2.24) is 14.8 Å². The largest absolute Gasteiger partial charge is 0.357 e. The normalized spacial score (nSPS) is 23.0. The minimum atomic E-state index is 0.129. The van der Waals surface area contributed by atoms with Gasteiger partial charge >= 0.3 is 0 Å². The summed E-state index contributed by atoms with van der Waals surface area (Å²) in [5.74, 6) is 1.29. The van der Waals surface area contributed by atoms with Gasteiger partial charge in [0.15, 0.2) is 0 Å². The maximum absolute atomic E-state index is 12.7. The maximum Gasteiger partial charge on any atom is 0.254 e. The van der Waals surface area contributed by atoms with Crippen molar-refractivity contribution >= 4 is 17.6 Å². The van der Waals surface area contributed by atoms with Crippen molar-refractivity contribution in [2.24, 2.45) is 5.41 Å². The molecule has 140 valence electrons. The average Bonchev–Trinajstić information content (AvgIpc) is 2.95. The molecular formula is C20H28N4O2. The second-order valence-corrected chi connectivity index (χ2v) is 8.17. The highest BCUT2D eigenvalue weighted by Crippen LogP contribution is 2.41. The Morgan fingerprint density at radius 3 is 2.50 bits per heavy atom. The fourth-order valence-electron chi connectivity index (χ4n) is 4.65. The van der Waals surface area contributed by atoms with Crippen molar-refractivity contribution in [3.63, 3.8) is 0 Å². The van der Waals surface area contributed by atoms with Crippen LogP contribution in [0.2, 0.25) is 0 Å². The zero-order valence-electron chi connectivity index (χ0n) is 15.6. The van der Waals surface area contributed by atoms with Gasteiger partial charge in [-0.15, -0.1) is 0 Å². The number of carbonyl (C=O) groups is 2. The Morgan fingerprint density at radius 2 is 1.85 bits per heavy atom. The summed E-state index contributed by atoms with van der Waals surface area (Å²) >= 11 is 0. The maximum atomic E-state index is 12.7. The monoisotopic (exact) mass is 356 g/mol. The van der Waals surface area contributed by atoms with E-state index in [1.165, 1.54) is 6.42 Å². The first-order valence-corrected chi connectivity index (χ1v) is 9.81. The summed E-state index contributed by atoms with van der Waals surface area (Å²) in [4.78, 5) is 35.3. The van der Waals surface area contributed by atoms with Gasteiger partial charge in [-0.05, 0) is 44.2 Å². The molecule has 1 aromatic rings. The molecule has 26 heavy (non-hydrogen) atoms. The number of amides is 2. The Kier molecular flexibility index (Phi) is 4.59. The van der Waals surface area contributed by atoms with Crippen LogP contribution in [-0.4, -0.2) is 66.4 Å². The van der Waals surface area contributed by atoms with Crippen LogP contribution in [0.15, 0.2) is 18.3 Å². The molecule has 3 aliphatic rings. The Hall–Kier alpha value is -2.11. The first kappa shape index (κ1) is 17.3. The predicted molar refractivity (Wildman–Crippen MR) is 100 cm³/mol. The zero-order valence-corrected chi connectivity index (χ0v) is 15.6. The van der Waals surface area contributed by atoms with E-state index in [0.29, 0.717) is 6.42 Å². The average molecular weight is 356 g/mol. The molecule has 0 radical (unpaired) electrons. The van der Waals surface area contributed by atoms with E-state index in [1.54, 1.807) is 6.20 Å². The van der Waals surface area contributed by atoms with E-state index in [9.17, 15) is 9.59 Å². The van der Waals surface area contributed by atoms with Gasteiger partial charge in [0.25, 0.3) is 5.91 Å². The molecule has 2 amide bonds. The molecule has 0 unspecified atom stereocenters. The Labute approximate surface area is 155 Å². The van der Waals surface area contributed by atoms with E-state index in [1.807, 2.05) is 29.0 Å². The first-order chi connectivity index (χ1) is 12.6. The summed E-state index contributed by atoms with van der Waals surface area (Å²) in [7, 11) is 1.90. The number of nitrogens with zero attached hydrogens (tertiary/aromatic N) is 4. The molecule has 6 heteroatoms. The fourth-order valence-corrected chi connectivity index (χ4v) is 4.65. The lowest BCUT2D eigenvalue weighted by Crippen LogP contribution is -2.42. The highest BCUT2D eigenvalue weighted by molar-refractivity contribution is 5.95. The van der Waals surface area contributed by atoms with Crippen molar-refractivity contribution in [1.29, 1.82) is 0 Å². The summed E-state index contributed by atoms with van der Waals surface area (Å²) in [6.45, 7) is 4.40. The van der Waals surface area contributed by atoms with E-state index in [4.69, 9.17) is 0 Å². The molecule has 0 N–H and O–H groups in total. The highest BCUT2D eigenvalue weighted by Gasteiger charge is 2.43. The number of rotatable bonds is 2.